The van der Waals surface area contributed by atoms with Crippen molar-refractivity contribution >= 4 is 0 Å². The first kappa shape index (κ1) is 14.8. The van der Waals surface area contributed by atoms with Crippen molar-refractivity contribution in [3.63, 3.8) is 0 Å². The molecule has 4 aliphatic carbocycles. The number of allylic oxidation sites excluding steroid dienone is 3. The summed E-state index contributed by atoms with van der Waals surface area (Å²) in [5, 5.41) is 20.2. The van der Waals surface area contributed by atoms with Gasteiger partial charge in [0.25, 0.3) is 0 Å². The Morgan fingerprint density at radius 2 is 1.91 bits per heavy atom. The lowest BCUT2D eigenvalue weighted by Gasteiger charge is -2.54. The fraction of sp³-hybridized carbons (Fsp3) is 0.789. The van der Waals surface area contributed by atoms with Crippen LogP contribution in [0.3, 0.4) is 0 Å². The van der Waals surface area contributed by atoms with Crippen LogP contribution in [0.2, 0.25) is 0 Å². The first-order valence-electron chi connectivity index (χ1n) is 9.06. The highest BCUT2D eigenvalue weighted by molar-refractivity contribution is 5.42. The van der Waals surface area contributed by atoms with Crippen LogP contribution in [-0.2, 0) is 0 Å². The largest absolute Gasteiger partial charge is 0.399 e. The summed E-state index contributed by atoms with van der Waals surface area (Å²) in [7, 11) is 0. The third kappa shape index (κ3) is 1.75. The van der Waals surface area contributed by atoms with Gasteiger partial charge in [0.2, 0.25) is 0 Å². The van der Waals surface area contributed by atoms with Crippen LogP contribution in [-0.4, -0.2) is 16.5 Å². The van der Waals surface area contributed by atoms with Crippen LogP contribution in [0.4, 0.5) is 0 Å². The fourth-order valence-electron chi connectivity index (χ4n) is 6.34. The minimum absolute atomic E-state index is 0.269. The van der Waals surface area contributed by atoms with Gasteiger partial charge in [-0.15, -0.1) is 0 Å². The van der Waals surface area contributed by atoms with Crippen LogP contribution < -0.4 is 5.73 Å². The number of fused-ring (bicyclic) bond motifs is 5. The van der Waals surface area contributed by atoms with Gasteiger partial charge in [-0.25, -0.2) is 0 Å². The maximum Gasteiger partial charge on any atom is 0.157 e. The molecule has 0 bridgehead atoms. The van der Waals surface area contributed by atoms with Gasteiger partial charge in [-0.1, -0.05) is 25.3 Å². The van der Waals surface area contributed by atoms with E-state index in [-0.39, 0.29) is 16.7 Å². The molecule has 4 N–H and O–H groups in total. The molecule has 3 saturated carbocycles. The molecular weight excluding hydrogens is 274 g/mol. The maximum absolute atomic E-state index is 10.1. The summed E-state index contributed by atoms with van der Waals surface area (Å²) in [6, 6.07) is 0. The molecule has 4 rings (SSSR count). The van der Waals surface area contributed by atoms with Gasteiger partial charge in [0.15, 0.2) is 6.29 Å². The van der Waals surface area contributed by atoms with Crippen LogP contribution in [0.1, 0.15) is 64.7 Å². The van der Waals surface area contributed by atoms with Crippen molar-refractivity contribution in [2.24, 2.45) is 28.4 Å². The SMILES string of the molecule is C[C@]12CCCCC1=CC(N)=C1[C@@H]3CCC[C@@]3(C(O)O)CC[C@@H]12. The number of aliphatic hydroxyl groups excluding tert-OH is 1. The zero-order chi connectivity index (χ0) is 15.5. The predicted molar refractivity (Wildman–Crippen MR) is 86.6 cm³/mol. The number of hydrogen-bond donors (Lipinski definition) is 3. The molecule has 0 saturated heterocycles. The number of rotatable bonds is 1. The minimum atomic E-state index is -1.20. The highest BCUT2D eigenvalue weighted by Gasteiger charge is 2.57. The molecule has 3 nitrogen and oxygen atoms in total. The van der Waals surface area contributed by atoms with E-state index >= 15 is 0 Å². The number of hydrogen-bond acceptors (Lipinski definition) is 3. The van der Waals surface area contributed by atoms with E-state index in [1.165, 1.54) is 31.3 Å². The van der Waals surface area contributed by atoms with Gasteiger partial charge >= 0.3 is 0 Å². The smallest absolute Gasteiger partial charge is 0.157 e. The van der Waals surface area contributed by atoms with Crippen molar-refractivity contribution in [1.29, 1.82) is 0 Å². The Bertz CT molecular complexity index is 550. The van der Waals surface area contributed by atoms with Crippen molar-refractivity contribution < 1.29 is 10.2 Å². The zero-order valence-electron chi connectivity index (χ0n) is 13.6. The third-order valence-electron chi connectivity index (χ3n) is 7.55. The molecular formula is C19H29NO2. The second-order valence-corrected chi connectivity index (χ2v) is 8.35. The second kappa shape index (κ2) is 4.85. The summed E-state index contributed by atoms with van der Waals surface area (Å²) >= 11 is 0. The van der Waals surface area contributed by atoms with Crippen molar-refractivity contribution in [1.82, 2.24) is 0 Å². The van der Waals surface area contributed by atoms with Crippen LogP contribution in [0.5, 0.6) is 0 Å². The van der Waals surface area contributed by atoms with E-state index in [1.54, 1.807) is 5.57 Å². The van der Waals surface area contributed by atoms with E-state index in [0.29, 0.717) is 5.92 Å². The Kier molecular flexibility index (Phi) is 3.25. The van der Waals surface area contributed by atoms with Crippen LogP contribution in [0.15, 0.2) is 22.9 Å². The molecule has 122 valence electrons. The van der Waals surface area contributed by atoms with E-state index in [0.717, 1.165) is 37.8 Å². The molecule has 0 aromatic carbocycles. The summed E-state index contributed by atoms with van der Waals surface area (Å²) in [6.07, 6.45) is 11.2. The Hall–Kier alpha value is -0.800. The quantitative estimate of drug-likeness (QED) is 0.652. The monoisotopic (exact) mass is 303 g/mol. The lowest BCUT2D eigenvalue weighted by atomic mass is 9.50. The standard InChI is InChI=1S/C19H29NO2/c1-18-8-3-2-5-12(18)11-15(20)16-13(18)7-10-19(17(21)22)9-4-6-14(16)19/h11,13-14,17,21-22H,2-10,20H2,1H3/t13-,14-,18-,19+/m0/s1. The molecule has 4 aliphatic rings. The Balaban J connectivity index is 1.82. The lowest BCUT2D eigenvalue weighted by molar-refractivity contribution is -0.160. The van der Waals surface area contributed by atoms with Gasteiger partial charge < -0.3 is 15.9 Å². The first-order chi connectivity index (χ1) is 10.5. The number of aliphatic hydroxyl groups is 2. The van der Waals surface area contributed by atoms with Crippen LogP contribution in [0.25, 0.3) is 0 Å². The van der Waals surface area contributed by atoms with Gasteiger partial charge in [-0.05, 0) is 73.8 Å². The van der Waals surface area contributed by atoms with Crippen LogP contribution >= 0.6 is 0 Å². The molecule has 0 aromatic rings. The summed E-state index contributed by atoms with van der Waals surface area (Å²) < 4.78 is 0. The lowest BCUT2D eigenvalue weighted by Crippen LogP contribution is -2.49. The van der Waals surface area contributed by atoms with Gasteiger partial charge in [0.1, 0.15) is 0 Å². The molecule has 22 heavy (non-hydrogen) atoms. The highest BCUT2D eigenvalue weighted by atomic mass is 16.5. The van der Waals surface area contributed by atoms with Crippen LogP contribution in [0, 0.1) is 22.7 Å². The van der Waals surface area contributed by atoms with E-state index in [1.807, 2.05) is 0 Å². The molecule has 0 spiro atoms. The minimum Gasteiger partial charge on any atom is -0.399 e. The average molecular weight is 303 g/mol. The van der Waals surface area contributed by atoms with Crippen molar-refractivity contribution in [2.75, 3.05) is 0 Å². The van der Waals surface area contributed by atoms with Crippen molar-refractivity contribution in [3.8, 4) is 0 Å². The fourth-order valence-corrected chi connectivity index (χ4v) is 6.34. The second-order valence-electron chi connectivity index (χ2n) is 8.35. The predicted octanol–water partition coefficient (Wildman–Crippen LogP) is 3.23. The Labute approximate surface area is 133 Å². The molecule has 0 radical (unpaired) electrons. The Morgan fingerprint density at radius 3 is 2.68 bits per heavy atom. The first-order valence-corrected chi connectivity index (χ1v) is 9.06. The van der Waals surface area contributed by atoms with Gasteiger partial charge in [-0.2, -0.15) is 0 Å². The Morgan fingerprint density at radius 1 is 1.09 bits per heavy atom. The summed E-state index contributed by atoms with van der Waals surface area (Å²) in [6.45, 7) is 2.44. The van der Waals surface area contributed by atoms with E-state index in [9.17, 15) is 10.2 Å². The number of nitrogens with two attached hydrogens (primary N) is 1. The molecule has 0 heterocycles. The molecule has 4 atom stereocenters. The summed E-state index contributed by atoms with van der Waals surface area (Å²) in [4.78, 5) is 0. The molecule has 0 aliphatic heterocycles. The molecule has 0 unspecified atom stereocenters. The van der Waals surface area contributed by atoms with Crippen molar-refractivity contribution in [3.05, 3.63) is 22.9 Å². The van der Waals surface area contributed by atoms with Gasteiger partial charge in [0, 0.05) is 11.1 Å². The highest BCUT2D eigenvalue weighted by Crippen LogP contribution is 2.64. The molecule has 3 heteroatoms. The van der Waals surface area contributed by atoms with Gasteiger partial charge in [0.05, 0.1) is 0 Å². The van der Waals surface area contributed by atoms with Crippen molar-refractivity contribution in [2.45, 2.75) is 71.0 Å². The third-order valence-corrected chi connectivity index (χ3v) is 7.55. The normalized spacial score (nSPS) is 44.5. The molecule has 3 fully saturated rings. The molecule has 0 aromatic heterocycles. The van der Waals surface area contributed by atoms with E-state index in [4.69, 9.17) is 5.73 Å². The van der Waals surface area contributed by atoms with E-state index in [2.05, 4.69) is 13.0 Å². The summed E-state index contributed by atoms with van der Waals surface area (Å²) in [5.41, 5.74) is 10.3. The average Bonchev–Trinajstić information content (AvgIpc) is 2.93. The van der Waals surface area contributed by atoms with E-state index < -0.39 is 6.29 Å². The molecule has 0 amide bonds. The topological polar surface area (TPSA) is 66.5 Å². The zero-order valence-corrected chi connectivity index (χ0v) is 13.6. The summed E-state index contributed by atoms with van der Waals surface area (Å²) in [5.74, 6) is 0.811. The van der Waals surface area contributed by atoms with Gasteiger partial charge in [-0.3, -0.25) is 0 Å². The maximum atomic E-state index is 10.1.